The van der Waals surface area contributed by atoms with Crippen molar-refractivity contribution in [2.75, 3.05) is 0 Å². The molecule has 1 nitrogen and oxygen atoms in total. The minimum atomic E-state index is -0.430. The number of rotatable bonds is 3. The first-order valence-electron chi connectivity index (χ1n) is 5.56. The molecule has 0 radical (unpaired) electrons. The number of hydrogen-bond donors (Lipinski definition) is 1. The summed E-state index contributed by atoms with van der Waals surface area (Å²) in [5.41, 5.74) is 6.18. The third-order valence-electron chi connectivity index (χ3n) is 2.52. The summed E-state index contributed by atoms with van der Waals surface area (Å²) in [5.74, 6) is -0.672. The van der Waals surface area contributed by atoms with Crippen molar-refractivity contribution >= 4 is 11.8 Å². The molecule has 18 heavy (non-hydrogen) atoms. The van der Waals surface area contributed by atoms with Gasteiger partial charge in [-0.25, -0.2) is 8.78 Å². The molecular weight excluding hydrogens is 252 g/mol. The van der Waals surface area contributed by atoms with Gasteiger partial charge in [-0.1, -0.05) is 30.0 Å². The Morgan fingerprint density at radius 2 is 1.56 bits per heavy atom. The Morgan fingerprint density at radius 3 is 2.22 bits per heavy atom. The van der Waals surface area contributed by atoms with Crippen LogP contribution >= 0.6 is 11.8 Å². The molecule has 0 saturated heterocycles. The maximum Gasteiger partial charge on any atom is 0.137 e. The van der Waals surface area contributed by atoms with E-state index in [1.807, 2.05) is 0 Å². The summed E-state index contributed by atoms with van der Waals surface area (Å²) in [4.78, 5) is 1.11. The highest BCUT2D eigenvalue weighted by Crippen LogP contribution is 2.35. The lowest BCUT2D eigenvalue weighted by Crippen LogP contribution is -2.09. The van der Waals surface area contributed by atoms with Gasteiger partial charge in [-0.05, 0) is 31.2 Å². The summed E-state index contributed by atoms with van der Waals surface area (Å²) in [7, 11) is 0. The average Bonchev–Trinajstić information content (AvgIpc) is 2.31. The zero-order valence-electron chi connectivity index (χ0n) is 9.86. The molecule has 2 aromatic rings. The molecule has 0 saturated carbocycles. The molecule has 0 aromatic heterocycles. The van der Waals surface area contributed by atoms with Crippen molar-refractivity contribution in [2.24, 2.45) is 5.73 Å². The summed E-state index contributed by atoms with van der Waals surface area (Å²) in [6.45, 7) is 1.71. The van der Waals surface area contributed by atoms with Crippen LogP contribution in [0, 0.1) is 11.6 Å². The molecule has 0 amide bonds. The summed E-state index contributed by atoms with van der Waals surface area (Å²) in [6, 6.07) is 10.7. The number of hydrogen-bond acceptors (Lipinski definition) is 2. The molecule has 0 unspecified atom stereocenters. The predicted molar refractivity (Wildman–Crippen MR) is 69.5 cm³/mol. The average molecular weight is 265 g/mol. The van der Waals surface area contributed by atoms with Crippen LogP contribution < -0.4 is 5.73 Å². The molecule has 4 heteroatoms. The van der Waals surface area contributed by atoms with E-state index in [2.05, 4.69) is 0 Å². The van der Waals surface area contributed by atoms with Crippen LogP contribution in [0.2, 0.25) is 0 Å². The van der Waals surface area contributed by atoms with Gasteiger partial charge >= 0.3 is 0 Å². The Balaban J connectivity index is 2.41. The lowest BCUT2D eigenvalue weighted by atomic mass is 10.1. The highest BCUT2D eigenvalue weighted by atomic mass is 32.2. The van der Waals surface area contributed by atoms with Crippen LogP contribution in [-0.4, -0.2) is 0 Å². The molecule has 94 valence electrons. The quantitative estimate of drug-likeness (QED) is 0.902. The maximum absolute atomic E-state index is 13.7. The third kappa shape index (κ3) is 2.71. The molecule has 0 heterocycles. The van der Waals surface area contributed by atoms with Gasteiger partial charge in [0, 0.05) is 21.4 Å². The standard InChI is InChI=1S/C14H13F2NS/c1-9(17)14-11(16)6-4-8-13(14)18-12-7-3-2-5-10(12)15/h2-9H,17H2,1H3/t9-/m1/s1. The van der Waals surface area contributed by atoms with E-state index < -0.39 is 6.04 Å². The Hall–Kier alpha value is -1.39. The monoisotopic (exact) mass is 265 g/mol. The van der Waals surface area contributed by atoms with E-state index in [1.165, 1.54) is 23.9 Å². The van der Waals surface area contributed by atoms with Gasteiger partial charge < -0.3 is 5.73 Å². The molecule has 0 spiro atoms. The van der Waals surface area contributed by atoms with Crippen molar-refractivity contribution < 1.29 is 8.78 Å². The zero-order valence-corrected chi connectivity index (χ0v) is 10.7. The molecule has 0 bridgehead atoms. The molecule has 0 aliphatic carbocycles. The van der Waals surface area contributed by atoms with E-state index in [4.69, 9.17) is 5.73 Å². The van der Waals surface area contributed by atoms with Crippen molar-refractivity contribution in [3.8, 4) is 0 Å². The van der Waals surface area contributed by atoms with Crippen LogP contribution in [0.3, 0.4) is 0 Å². The van der Waals surface area contributed by atoms with E-state index in [0.29, 0.717) is 15.4 Å². The van der Waals surface area contributed by atoms with Crippen molar-refractivity contribution in [2.45, 2.75) is 22.8 Å². The second kappa shape index (κ2) is 5.50. The highest BCUT2D eigenvalue weighted by Gasteiger charge is 2.14. The number of nitrogens with two attached hydrogens (primary N) is 1. The van der Waals surface area contributed by atoms with E-state index >= 15 is 0 Å². The van der Waals surface area contributed by atoms with Crippen LogP contribution in [0.5, 0.6) is 0 Å². The first-order chi connectivity index (χ1) is 8.59. The SMILES string of the molecule is C[C@@H](N)c1c(F)cccc1Sc1ccccc1F. The van der Waals surface area contributed by atoms with E-state index in [1.54, 1.807) is 37.3 Å². The molecule has 0 fully saturated rings. The lowest BCUT2D eigenvalue weighted by Gasteiger charge is -2.13. The number of halogens is 2. The Kier molecular flexibility index (Phi) is 3.99. The Morgan fingerprint density at radius 1 is 0.944 bits per heavy atom. The van der Waals surface area contributed by atoms with Gasteiger partial charge in [-0.15, -0.1) is 0 Å². The van der Waals surface area contributed by atoms with Gasteiger partial charge in [0.1, 0.15) is 11.6 Å². The van der Waals surface area contributed by atoms with E-state index in [9.17, 15) is 8.78 Å². The third-order valence-corrected chi connectivity index (χ3v) is 3.65. The summed E-state index contributed by atoms with van der Waals surface area (Å²) in [6.07, 6.45) is 0. The minimum Gasteiger partial charge on any atom is -0.324 e. The molecule has 1 atom stereocenters. The van der Waals surface area contributed by atoms with Crippen LogP contribution in [0.1, 0.15) is 18.5 Å². The topological polar surface area (TPSA) is 26.0 Å². The van der Waals surface area contributed by atoms with Gasteiger partial charge in [0.2, 0.25) is 0 Å². The first kappa shape index (κ1) is 13.1. The fourth-order valence-corrected chi connectivity index (χ4v) is 2.78. The fraction of sp³-hybridized carbons (Fsp3) is 0.143. The molecule has 2 rings (SSSR count). The molecule has 0 aliphatic heterocycles. The minimum absolute atomic E-state index is 0.317. The van der Waals surface area contributed by atoms with Gasteiger partial charge in [0.15, 0.2) is 0 Å². The predicted octanol–water partition coefficient (Wildman–Crippen LogP) is 4.14. The smallest absolute Gasteiger partial charge is 0.137 e. The maximum atomic E-state index is 13.7. The summed E-state index contributed by atoms with van der Waals surface area (Å²) >= 11 is 1.19. The second-order valence-corrected chi connectivity index (χ2v) is 5.06. The van der Waals surface area contributed by atoms with Gasteiger partial charge in [-0.2, -0.15) is 0 Å². The first-order valence-corrected chi connectivity index (χ1v) is 6.37. The second-order valence-electron chi connectivity index (χ2n) is 3.97. The van der Waals surface area contributed by atoms with Gasteiger partial charge in [0.05, 0.1) is 0 Å². The fourth-order valence-electron chi connectivity index (χ4n) is 1.69. The van der Waals surface area contributed by atoms with Crippen molar-refractivity contribution in [3.63, 3.8) is 0 Å². The zero-order chi connectivity index (χ0) is 13.1. The van der Waals surface area contributed by atoms with Crippen molar-refractivity contribution in [1.82, 2.24) is 0 Å². The Bertz CT molecular complexity index is 555. The normalized spacial score (nSPS) is 12.4. The van der Waals surface area contributed by atoms with Crippen LogP contribution in [0.4, 0.5) is 8.78 Å². The van der Waals surface area contributed by atoms with Gasteiger partial charge in [-0.3, -0.25) is 0 Å². The molecule has 0 aliphatic rings. The highest BCUT2D eigenvalue weighted by molar-refractivity contribution is 7.99. The molecule has 2 aromatic carbocycles. The molecule has 2 N–H and O–H groups in total. The van der Waals surface area contributed by atoms with Crippen molar-refractivity contribution in [3.05, 3.63) is 59.7 Å². The summed E-state index contributed by atoms with van der Waals surface area (Å²) in [5, 5.41) is 0. The van der Waals surface area contributed by atoms with Crippen LogP contribution in [0.25, 0.3) is 0 Å². The summed E-state index contributed by atoms with van der Waals surface area (Å²) < 4.78 is 27.3. The lowest BCUT2D eigenvalue weighted by molar-refractivity contribution is 0.584. The molecular formula is C14H13F2NS. The largest absolute Gasteiger partial charge is 0.324 e. The van der Waals surface area contributed by atoms with Crippen LogP contribution in [0.15, 0.2) is 52.3 Å². The van der Waals surface area contributed by atoms with Gasteiger partial charge in [0.25, 0.3) is 0 Å². The van der Waals surface area contributed by atoms with Crippen LogP contribution in [-0.2, 0) is 0 Å². The Labute approximate surface area is 109 Å². The van der Waals surface area contributed by atoms with E-state index in [0.717, 1.165) is 0 Å². The number of benzene rings is 2. The van der Waals surface area contributed by atoms with Crippen molar-refractivity contribution in [1.29, 1.82) is 0 Å². The van der Waals surface area contributed by atoms with E-state index in [-0.39, 0.29) is 11.6 Å².